The van der Waals surface area contributed by atoms with Gasteiger partial charge in [0, 0.05) is 11.8 Å². The Labute approximate surface area is 119 Å². The number of aromatic nitrogens is 2. The third-order valence-corrected chi connectivity index (χ3v) is 2.79. The molecule has 2 aromatic rings. The van der Waals surface area contributed by atoms with Crippen LogP contribution in [0.2, 0.25) is 5.15 Å². The van der Waals surface area contributed by atoms with Crippen molar-refractivity contribution in [3.8, 4) is 6.07 Å². The molecule has 0 amide bonds. The summed E-state index contributed by atoms with van der Waals surface area (Å²) in [7, 11) is 0. The second kappa shape index (κ2) is 5.95. The molecule has 5 nitrogen and oxygen atoms in total. The zero-order valence-corrected chi connectivity index (χ0v) is 10.9. The lowest BCUT2D eigenvalue weighted by Crippen LogP contribution is -2.02. The van der Waals surface area contributed by atoms with Gasteiger partial charge < -0.3 is 5.11 Å². The minimum atomic E-state index is -1.15. The molecule has 2 heterocycles. The van der Waals surface area contributed by atoms with E-state index in [1.807, 2.05) is 6.07 Å². The van der Waals surface area contributed by atoms with Gasteiger partial charge in [-0.1, -0.05) is 17.7 Å². The van der Waals surface area contributed by atoms with E-state index in [0.717, 1.165) is 0 Å². The van der Waals surface area contributed by atoms with Gasteiger partial charge >= 0.3 is 5.97 Å². The van der Waals surface area contributed by atoms with Crippen molar-refractivity contribution in [2.45, 2.75) is 0 Å². The predicted molar refractivity (Wildman–Crippen MR) is 74.1 cm³/mol. The third-order valence-electron chi connectivity index (χ3n) is 2.47. The molecule has 0 saturated carbocycles. The van der Waals surface area contributed by atoms with Crippen molar-refractivity contribution < 1.29 is 9.90 Å². The molecule has 2 aromatic heterocycles. The molecule has 0 bridgehead atoms. The molecule has 0 saturated heterocycles. The first-order valence-corrected chi connectivity index (χ1v) is 5.92. The summed E-state index contributed by atoms with van der Waals surface area (Å²) in [5, 5.41) is 18.2. The van der Waals surface area contributed by atoms with Crippen LogP contribution in [0.3, 0.4) is 0 Å². The first-order valence-electron chi connectivity index (χ1n) is 5.55. The van der Waals surface area contributed by atoms with E-state index < -0.39 is 5.97 Å². The molecule has 0 radical (unpaired) electrons. The van der Waals surface area contributed by atoms with Gasteiger partial charge in [0.15, 0.2) is 0 Å². The van der Waals surface area contributed by atoms with E-state index in [-0.39, 0.29) is 17.0 Å². The number of rotatable bonds is 3. The maximum absolute atomic E-state index is 10.9. The van der Waals surface area contributed by atoms with Crippen LogP contribution in [0.4, 0.5) is 0 Å². The highest BCUT2D eigenvalue weighted by Crippen LogP contribution is 2.16. The Hall–Kier alpha value is -2.71. The molecule has 0 aromatic carbocycles. The summed E-state index contributed by atoms with van der Waals surface area (Å²) in [5.74, 6) is -1.15. The number of carboxylic acids is 1. The summed E-state index contributed by atoms with van der Waals surface area (Å²) in [6.45, 7) is 0. The van der Waals surface area contributed by atoms with Crippen LogP contribution in [0.15, 0.2) is 30.5 Å². The first kappa shape index (κ1) is 13.7. The van der Waals surface area contributed by atoms with Crippen LogP contribution in [0, 0.1) is 11.3 Å². The van der Waals surface area contributed by atoms with Gasteiger partial charge in [0.05, 0.1) is 11.3 Å². The van der Waals surface area contributed by atoms with E-state index in [4.69, 9.17) is 22.0 Å². The lowest BCUT2D eigenvalue weighted by molar-refractivity contribution is 0.0690. The van der Waals surface area contributed by atoms with Gasteiger partial charge in [-0.25, -0.2) is 14.8 Å². The SMILES string of the molecule is N#Cc1ccc(C(=O)O)nc1/C=C/c1cccnc1Cl. The van der Waals surface area contributed by atoms with Gasteiger partial charge in [-0.15, -0.1) is 0 Å². The largest absolute Gasteiger partial charge is 0.477 e. The summed E-state index contributed by atoms with van der Waals surface area (Å²) in [5.41, 5.74) is 1.08. The highest BCUT2D eigenvalue weighted by molar-refractivity contribution is 6.30. The average molecular weight is 286 g/mol. The van der Waals surface area contributed by atoms with Crippen molar-refractivity contribution in [1.82, 2.24) is 9.97 Å². The van der Waals surface area contributed by atoms with Crippen LogP contribution in [0.5, 0.6) is 0 Å². The van der Waals surface area contributed by atoms with E-state index in [0.29, 0.717) is 10.7 Å². The minimum absolute atomic E-state index is 0.124. The molecule has 0 spiro atoms. The zero-order valence-electron chi connectivity index (χ0n) is 10.1. The van der Waals surface area contributed by atoms with Gasteiger partial charge in [0.1, 0.15) is 16.9 Å². The van der Waals surface area contributed by atoms with Gasteiger partial charge in [-0.05, 0) is 30.4 Å². The van der Waals surface area contributed by atoms with Gasteiger partial charge in [0.25, 0.3) is 0 Å². The van der Waals surface area contributed by atoms with Gasteiger partial charge in [-0.2, -0.15) is 5.26 Å². The third kappa shape index (κ3) is 2.99. The topological polar surface area (TPSA) is 86.9 Å². The molecule has 98 valence electrons. The Morgan fingerprint density at radius 3 is 2.80 bits per heavy atom. The number of nitriles is 1. The van der Waals surface area contributed by atoms with Crippen LogP contribution >= 0.6 is 11.6 Å². The number of pyridine rings is 2. The molecule has 0 unspecified atom stereocenters. The fourth-order valence-corrected chi connectivity index (χ4v) is 1.69. The minimum Gasteiger partial charge on any atom is -0.477 e. The Kier molecular flexibility index (Phi) is 4.08. The van der Waals surface area contributed by atoms with E-state index in [1.165, 1.54) is 18.2 Å². The average Bonchev–Trinajstić information content (AvgIpc) is 2.46. The van der Waals surface area contributed by atoms with E-state index in [9.17, 15) is 4.79 Å². The molecule has 1 N–H and O–H groups in total. The van der Waals surface area contributed by atoms with Crippen molar-refractivity contribution >= 4 is 29.7 Å². The van der Waals surface area contributed by atoms with Crippen molar-refractivity contribution in [2.75, 3.05) is 0 Å². The fourth-order valence-electron chi connectivity index (χ4n) is 1.51. The molecular formula is C14H8ClN3O2. The summed E-state index contributed by atoms with van der Waals surface area (Å²) in [4.78, 5) is 18.7. The molecule has 20 heavy (non-hydrogen) atoms. The van der Waals surface area contributed by atoms with Gasteiger partial charge in [0.2, 0.25) is 0 Å². The maximum atomic E-state index is 10.9. The smallest absolute Gasteiger partial charge is 0.354 e. The van der Waals surface area contributed by atoms with Crippen LogP contribution in [0.25, 0.3) is 12.2 Å². The van der Waals surface area contributed by atoms with Crippen LogP contribution in [0.1, 0.15) is 27.3 Å². The maximum Gasteiger partial charge on any atom is 0.354 e. The summed E-state index contributed by atoms with van der Waals surface area (Å²) < 4.78 is 0. The number of carbonyl (C=O) groups is 1. The molecule has 0 aliphatic carbocycles. The molecule has 0 atom stereocenters. The highest BCUT2D eigenvalue weighted by atomic mass is 35.5. The van der Waals surface area contributed by atoms with Crippen molar-refractivity contribution in [1.29, 1.82) is 5.26 Å². The normalized spacial score (nSPS) is 10.4. The van der Waals surface area contributed by atoms with Crippen LogP contribution < -0.4 is 0 Å². The van der Waals surface area contributed by atoms with E-state index in [1.54, 1.807) is 24.4 Å². The molecule has 0 aliphatic rings. The van der Waals surface area contributed by atoms with Crippen molar-refractivity contribution in [2.24, 2.45) is 0 Å². The second-order valence-corrected chi connectivity index (χ2v) is 4.12. The lowest BCUT2D eigenvalue weighted by Gasteiger charge is -2.00. The number of nitrogens with zero attached hydrogens (tertiary/aromatic N) is 3. The van der Waals surface area contributed by atoms with Crippen molar-refractivity contribution in [3.63, 3.8) is 0 Å². The first-order chi connectivity index (χ1) is 9.61. The molecule has 0 fully saturated rings. The Bertz CT molecular complexity index is 735. The molecular weight excluding hydrogens is 278 g/mol. The Morgan fingerprint density at radius 2 is 2.15 bits per heavy atom. The molecule has 2 rings (SSSR count). The number of hydrogen-bond acceptors (Lipinski definition) is 4. The lowest BCUT2D eigenvalue weighted by atomic mass is 10.1. The fraction of sp³-hybridized carbons (Fsp3) is 0. The van der Waals surface area contributed by atoms with Gasteiger partial charge in [-0.3, -0.25) is 0 Å². The second-order valence-electron chi connectivity index (χ2n) is 3.76. The number of aromatic carboxylic acids is 1. The van der Waals surface area contributed by atoms with E-state index in [2.05, 4.69) is 9.97 Å². The zero-order chi connectivity index (χ0) is 14.5. The Balaban J connectivity index is 2.42. The summed E-state index contributed by atoms with van der Waals surface area (Å²) >= 11 is 5.90. The van der Waals surface area contributed by atoms with Crippen LogP contribution in [-0.2, 0) is 0 Å². The number of hydrogen-bond donors (Lipinski definition) is 1. The standard InChI is InChI=1S/C14H8ClN3O2/c15-13-9(2-1-7-17-13)3-5-11-10(8-16)4-6-12(18-11)14(19)20/h1-7H,(H,19,20)/b5-3+. The Morgan fingerprint density at radius 1 is 1.35 bits per heavy atom. The molecule has 0 aliphatic heterocycles. The summed E-state index contributed by atoms with van der Waals surface area (Å²) in [6.07, 6.45) is 4.72. The number of halogens is 1. The predicted octanol–water partition coefficient (Wildman–Crippen LogP) is 2.87. The monoisotopic (exact) mass is 285 g/mol. The highest BCUT2D eigenvalue weighted by Gasteiger charge is 2.08. The molecule has 6 heteroatoms. The van der Waals surface area contributed by atoms with E-state index >= 15 is 0 Å². The van der Waals surface area contributed by atoms with Crippen LogP contribution in [-0.4, -0.2) is 21.0 Å². The number of carboxylic acid groups (broad SMARTS) is 1. The summed E-state index contributed by atoms with van der Waals surface area (Å²) in [6, 6.07) is 8.13. The quantitative estimate of drug-likeness (QED) is 0.876. The van der Waals surface area contributed by atoms with Crippen molar-refractivity contribution in [3.05, 3.63) is 58.1 Å².